The lowest BCUT2D eigenvalue weighted by molar-refractivity contribution is 0.324. The van der Waals surface area contributed by atoms with Crippen LogP contribution in [0, 0.1) is 6.92 Å². The molecule has 0 aliphatic rings. The molecule has 0 radical (unpaired) electrons. The highest BCUT2D eigenvalue weighted by atomic mass is 32.1. The minimum Gasteiger partial charge on any atom is -0.493 e. The highest BCUT2D eigenvalue weighted by molar-refractivity contribution is 7.15. The molecule has 0 aliphatic heterocycles. The van der Waals surface area contributed by atoms with E-state index in [0.29, 0.717) is 23.8 Å². The van der Waals surface area contributed by atoms with Gasteiger partial charge in [-0.3, -0.25) is 0 Å². The van der Waals surface area contributed by atoms with Crippen molar-refractivity contribution in [3.63, 3.8) is 0 Å². The molecule has 0 amide bonds. The van der Waals surface area contributed by atoms with E-state index in [-0.39, 0.29) is 0 Å². The molecule has 0 fully saturated rings. The number of benzene rings is 1. The van der Waals surface area contributed by atoms with E-state index in [1.807, 2.05) is 19.1 Å². The van der Waals surface area contributed by atoms with Gasteiger partial charge in [-0.15, -0.1) is 11.3 Å². The lowest BCUT2D eigenvalue weighted by Gasteiger charge is -2.13. The number of thiazole rings is 1. The molecule has 6 heteroatoms. The van der Waals surface area contributed by atoms with E-state index >= 15 is 0 Å². The summed E-state index contributed by atoms with van der Waals surface area (Å²) in [6, 6.07) is 3.78. The molecule has 108 valence electrons. The Kier molecular flexibility index (Phi) is 4.46. The lowest BCUT2D eigenvalue weighted by Crippen LogP contribution is -1.95. The number of methoxy groups -OCH3 is 3. The van der Waals surface area contributed by atoms with E-state index < -0.39 is 0 Å². The summed E-state index contributed by atoms with van der Waals surface area (Å²) in [6.07, 6.45) is 0. The molecule has 0 spiro atoms. The van der Waals surface area contributed by atoms with E-state index in [2.05, 4.69) is 4.98 Å². The highest BCUT2D eigenvalue weighted by Crippen LogP contribution is 2.42. The number of aromatic nitrogens is 1. The molecule has 2 rings (SSSR count). The van der Waals surface area contributed by atoms with Gasteiger partial charge in [-0.1, -0.05) is 0 Å². The Hall–Kier alpha value is -1.79. The first-order valence-electron chi connectivity index (χ1n) is 6.11. The molecule has 20 heavy (non-hydrogen) atoms. The molecule has 5 nitrogen and oxygen atoms in total. The molecular weight excluding hydrogens is 276 g/mol. The lowest BCUT2D eigenvalue weighted by atomic mass is 10.2. The highest BCUT2D eigenvalue weighted by Gasteiger charge is 2.16. The predicted octanol–water partition coefficient (Wildman–Crippen LogP) is 2.60. The molecule has 0 atom stereocenters. The predicted molar refractivity (Wildman–Crippen MR) is 79.8 cm³/mol. The summed E-state index contributed by atoms with van der Waals surface area (Å²) in [4.78, 5) is 5.62. The van der Waals surface area contributed by atoms with Crippen LogP contribution < -0.4 is 19.9 Å². The summed E-state index contributed by atoms with van der Waals surface area (Å²) in [6.45, 7) is 2.45. The van der Waals surface area contributed by atoms with Crippen LogP contribution in [-0.4, -0.2) is 26.3 Å². The second-order valence-electron chi connectivity index (χ2n) is 4.15. The van der Waals surface area contributed by atoms with Crippen molar-refractivity contribution in [1.29, 1.82) is 0 Å². The molecule has 0 unspecified atom stereocenters. The maximum atomic E-state index is 5.70. The molecule has 0 saturated carbocycles. The molecule has 1 aromatic carbocycles. The van der Waals surface area contributed by atoms with Gasteiger partial charge in [-0.2, -0.15) is 0 Å². The number of ether oxygens (including phenoxy) is 3. The monoisotopic (exact) mass is 294 g/mol. The van der Waals surface area contributed by atoms with Crippen molar-refractivity contribution in [3.8, 4) is 27.8 Å². The summed E-state index contributed by atoms with van der Waals surface area (Å²) in [5.41, 5.74) is 7.58. The maximum absolute atomic E-state index is 5.70. The summed E-state index contributed by atoms with van der Waals surface area (Å²) < 4.78 is 16.0. The first kappa shape index (κ1) is 14.6. The van der Waals surface area contributed by atoms with Gasteiger partial charge < -0.3 is 19.9 Å². The van der Waals surface area contributed by atoms with Gasteiger partial charge in [0, 0.05) is 17.0 Å². The molecule has 0 aliphatic carbocycles. The maximum Gasteiger partial charge on any atom is 0.203 e. The van der Waals surface area contributed by atoms with Gasteiger partial charge in [-0.05, 0) is 19.1 Å². The minimum atomic E-state index is 0.494. The zero-order valence-corrected chi connectivity index (χ0v) is 12.8. The Bertz CT molecular complexity index is 585. The minimum absolute atomic E-state index is 0.494. The Morgan fingerprint density at radius 3 is 2.10 bits per heavy atom. The summed E-state index contributed by atoms with van der Waals surface area (Å²) in [5.74, 6) is 1.80. The van der Waals surface area contributed by atoms with Crippen LogP contribution in [0.15, 0.2) is 12.1 Å². The third kappa shape index (κ3) is 2.57. The fourth-order valence-corrected chi connectivity index (χ4v) is 2.87. The third-order valence-corrected chi connectivity index (χ3v) is 4.22. The van der Waals surface area contributed by atoms with Crippen molar-refractivity contribution < 1.29 is 14.2 Å². The zero-order valence-electron chi connectivity index (χ0n) is 12.0. The molecule has 0 saturated heterocycles. The average Bonchev–Trinajstić information content (AvgIpc) is 2.86. The second kappa shape index (κ2) is 6.11. The number of nitrogens with zero attached hydrogens (tertiary/aromatic N) is 1. The van der Waals surface area contributed by atoms with Crippen LogP contribution in [0.4, 0.5) is 0 Å². The topological polar surface area (TPSA) is 66.6 Å². The van der Waals surface area contributed by atoms with Crippen LogP contribution in [0.2, 0.25) is 0 Å². The van der Waals surface area contributed by atoms with Gasteiger partial charge in [0.2, 0.25) is 5.75 Å². The summed E-state index contributed by atoms with van der Waals surface area (Å²) >= 11 is 1.58. The normalized spacial score (nSPS) is 10.4. The Balaban J connectivity index is 2.56. The second-order valence-corrected chi connectivity index (χ2v) is 5.23. The number of hydrogen-bond acceptors (Lipinski definition) is 6. The summed E-state index contributed by atoms with van der Waals surface area (Å²) in [5, 5.41) is 0.891. The van der Waals surface area contributed by atoms with E-state index in [9.17, 15) is 0 Å². The smallest absolute Gasteiger partial charge is 0.203 e. The quantitative estimate of drug-likeness (QED) is 0.918. The van der Waals surface area contributed by atoms with Crippen molar-refractivity contribution in [2.24, 2.45) is 5.73 Å². The fourth-order valence-electron chi connectivity index (χ4n) is 1.95. The molecule has 1 aromatic heterocycles. The standard InChI is InChI=1S/C14H18N2O3S/c1-8-12(7-15)20-14(16-8)9-5-10(17-2)13(19-4)11(6-9)18-3/h5-6H,7,15H2,1-4H3. The van der Waals surface area contributed by atoms with E-state index in [1.54, 1.807) is 32.7 Å². The Morgan fingerprint density at radius 2 is 1.70 bits per heavy atom. The molecular formula is C14H18N2O3S. The third-order valence-electron chi connectivity index (χ3n) is 2.99. The van der Waals surface area contributed by atoms with Crippen molar-refractivity contribution in [3.05, 3.63) is 22.7 Å². The SMILES string of the molecule is COc1cc(-c2nc(C)c(CN)s2)cc(OC)c1OC. The molecule has 0 bridgehead atoms. The molecule has 2 aromatic rings. The Labute approximate surface area is 122 Å². The van der Waals surface area contributed by atoms with Crippen LogP contribution in [0.5, 0.6) is 17.2 Å². The number of hydrogen-bond donors (Lipinski definition) is 1. The molecule has 1 heterocycles. The summed E-state index contributed by atoms with van der Waals surface area (Å²) in [7, 11) is 4.78. The first-order chi connectivity index (χ1) is 9.64. The first-order valence-corrected chi connectivity index (χ1v) is 6.93. The van der Waals surface area contributed by atoms with Gasteiger partial charge in [0.05, 0.1) is 27.0 Å². The average molecular weight is 294 g/mol. The number of nitrogens with two attached hydrogens (primary N) is 1. The van der Waals surface area contributed by atoms with Crippen LogP contribution in [0.1, 0.15) is 10.6 Å². The van der Waals surface area contributed by atoms with Crippen LogP contribution >= 0.6 is 11.3 Å². The van der Waals surface area contributed by atoms with Crippen molar-refractivity contribution in [2.75, 3.05) is 21.3 Å². The van der Waals surface area contributed by atoms with Crippen LogP contribution in [-0.2, 0) is 6.54 Å². The number of rotatable bonds is 5. The van der Waals surface area contributed by atoms with Gasteiger partial charge in [0.25, 0.3) is 0 Å². The van der Waals surface area contributed by atoms with E-state index in [1.165, 1.54) is 0 Å². The molecule has 2 N–H and O–H groups in total. The van der Waals surface area contributed by atoms with E-state index in [0.717, 1.165) is 21.1 Å². The largest absolute Gasteiger partial charge is 0.493 e. The van der Waals surface area contributed by atoms with Crippen LogP contribution in [0.3, 0.4) is 0 Å². The van der Waals surface area contributed by atoms with Crippen molar-refractivity contribution in [1.82, 2.24) is 4.98 Å². The van der Waals surface area contributed by atoms with Gasteiger partial charge >= 0.3 is 0 Å². The van der Waals surface area contributed by atoms with Crippen molar-refractivity contribution >= 4 is 11.3 Å². The Morgan fingerprint density at radius 1 is 1.10 bits per heavy atom. The van der Waals surface area contributed by atoms with Gasteiger partial charge in [0.15, 0.2) is 11.5 Å². The zero-order chi connectivity index (χ0) is 14.7. The van der Waals surface area contributed by atoms with Gasteiger partial charge in [0.1, 0.15) is 5.01 Å². The number of aryl methyl sites for hydroxylation is 1. The van der Waals surface area contributed by atoms with Crippen molar-refractivity contribution in [2.45, 2.75) is 13.5 Å². The van der Waals surface area contributed by atoms with Gasteiger partial charge in [-0.25, -0.2) is 4.98 Å². The fraction of sp³-hybridized carbons (Fsp3) is 0.357. The van der Waals surface area contributed by atoms with E-state index in [4.69, 9.17) is 19.9 Å². The van der Waals surface area contributed by atoms with Crippen LogP contribution in [0.25, 0.3) is 10.6 Å².